The fraction of sp³-hybridized carbons (Fsp3) is 0.167. The van der Waals surface area contributed by atoms with E-state index >= 15 is 0 Å². The van der Waals surface area contributed by atoms with E-state index in [1.54, 1.807) is 10.7 Å². The van der Waals surface area contributed by atoms with Crippen molar-refractivity contribution in [3.63, 3.8) is 0 Å². The largest absolute Gasteiger partial charge is 0.366 e. The van der Waals surface area contributed by atoms with Crippen molar-refractivity contribution in [3.8, 4) is 11.3 Å². The SMILES string of the molecule is O=C(NCc1cccc(CNc2cc(-c3ccccc3Cl)nc3c(Br)cnn23)c1)C1(c2ccccc2)CC1. The predicted molar refractivity (Wildman–Crippen MR) is 154 cm³/mol. The summed E-state index contributed by atoms with van der Waals surface area (Å²) in [7, 11) is 0. The highest BCUT2D eigenvalue weighted by Gasteiger charge is 2.50. The average molecular weight is 587 g/mol. The van der Waals surface area contributed by atoms with Crippen LogP contribution in [0.4, 0.5) is 5.82 Å². The number of amides is 1. The smallest absolute Gasteiger partial charge is 0.230 e. The molecule has 2 aromatic heterocycles. The summed E-state index contributed by atoms with van der Waals surface area (Å²) in [5.41, 5.74) is 5.20. The second-order valence-electron chi connectivity index (χ2n) is 9.54. The number of halogens is 2. The van der Waals surface area contributed by atoms with Crippen LogP contribution in [0.5, 0.6) is 0 Å². The first kappa shape index (κ1) is 24.6. The lowest BCUT2D eigenvalue weighted by atomic mass is 9.95. The van der Waals surface area contributed by atoms with Crippen molar-refractivity contribution in [2.24, 2.45) is 0 Å². The van der Waals surface area contributed by atoms with Gasteiger partial charge in [-0.05, 0) is 51.5 Å². The molecule has 0 atom stereocenters. The van der Waals surface area contributed by atoms with Gasteiger partial charge in [0.1, 0.15) is 5.82 Å². The van der Waals surface area contributed by atoms with Gasteiger partial charge < -0.3 is 10.6 Å². The third kappa shape index (κ3) is 4.79. The maximum absolute atomic E-state index is 13.0. The predicted octanol–water partition coefficient (Wildman–Crippen LogP) is 6.77. The summed E-state index contributed by atoms with van der Waals surface area (Å²) in [5, 5.41) is 11.8. The second-order valence-corrected chi connectivity index (χ2v) is 10.8. The number of rotatable bonds is 8. The van der Waals surface area contributed by atoms with Gasteiger partial charge in [-0.3, -0.25) is 4.79 Å². The summed E-state index contributed by atoms with van der Waals surface area (Å²) in [6.45, 7) is 1.07. The van der Waals surface area contributed by atoms with E-state index in [2.05, 4.69) is 43.8 Å². The molecule has 2 heterocycles. The highest BCUT2D eigenvalue weighted by molar-refractivity contribution is 9.10. The van der Waals surface area contributed by atoms with Crippen LogP contribution < -0.4 is 10.6 Å². The van der Waals surface area contributed by atoms with Crippen LogP contribution in [0.25, 0.3) is 16.9 Å². The summed E-state index contributed by atoms with van der Waals surface area (Å²) in [6, 6.07) is 27.9. The van der Waals surface area contributed by atoms with Gasteiger partial charge in [0, 0.05) is 29.7 Å². The van der Waals surface area contributed by atoms with E-state index in [1.807, 2.05) is 72.8 Å². The minimum Gasteiger partial charge on any atom is -0.366 e. The lowest BCUT2D eigenvalue weighted by molar-refractivity contribution is -0.123. The molecule has 0 unspecified atom stereocenters. The van der Waals surface area contributed by atoms with E-state index in [0.717, 1.165) is 51.1 Å². The molecule has 0 bridgehead atoms. The van der Waals surface area contributed by atoms with Crippen LogP contribution in [0.3, 0.4) is 0 Å². The Morgan fingerprint density at radius 1 is 0.947 bits per heavy atom. The molecule has 1 fully saturated rings. The molecule has 1 aliphatic rings. The van der Waals surface area contributed by atoms with E-state index in [1.165, 1.54) is 0 Å². The number of nitrogens with zero attached hydrogens (tertiary/aromatic N) is 3. The Bertz CT molecular complexity index is 1630. The van der Waals surface area contributed by atoms with Crippen LogP contribution in [0.1, 0.15) is 29.5 Å². The summed E-state index contributed by atoms with van der Waals surface area (Å²) in [5.74, 6) is 0.899. The van der Waals surface area contributed by atoms with Crippen LogP contribution in [0.2, 0.25) is 5.02 Å². The summed E-state index contributed by atoms with van der Waals surface area (Å²) >= 11 is 10.0. The van der Waals surface area contributed by atoms with Crippen molar-refractivity contribution in [2.75, 3.05) is 5.32 Å². The molecule has 3 aromatic carbocycles. The number of hydrogen-bond acceptors (Lipinski definition) is 4. The Morgan fingerprint density at radius 2 is 1.68 bits per heavy atom. The summed E-state index contributed by atoms with van der Waals surface area (Å²) in [6.07, 6.45) is 3.52. The third-order valence-electron chi connectivity index (χ3n) is 7.01. The van der Waals surface area contributed by atoms with Gasteiger partial charge in [-0.15, -0.1) is 0 Å². The van der Waals surface area contributed by atoms with Crippen LogP contribution >= 0.6 is 27.5 Å². The first-order valence-electron chi connectivity index (χ1n) is 12.5. The zero-order chi connectivity index (χ0) is 26.1. The Balaban J connectivity index is 1.18. The summed E-state index contributed by atoms with van der Waals surface area (Å²) in [4.78, 5) is 17.8. The van der Waals surface area contributed by atoms with Crippen molar-refractivity contribution in [1.29, 1.82) is 0 Å². The van der Waals surface area contributed by atoms with Gasteiger partial charge in [0.05, 0.1) is 21.8 Å². The van der Waals surface area contributed by atoms with Gasteiger partial charge in [-0.1, -0.05) is 84.4 Å². The highest BCUT2D eigenvalue weighted by Crippen LogP contribution is 2.48. The number of fused-ring (bicyclic) bond motifs is 1. The molecular weight excluding hydrogens is 562 g/mol. The van der Waals surface area contributed by atoms with Crippen LogP contribution in [0, 0.1) is 0 Å². The Kier molecular flexibility index (Phi) is 6.64. The van der Waals surface area contributed by atoms with Gasteiger partial charge >= 0.3 is 0 Å². The van der Waals surface area contributed by atoms with E-state index in [9.17, 15) is 4.79 Å². The second kappa shape index (κ2) is 10.2. The topological polar surface area (TPSA) is 71.3 Å². The number of carbonyl (C=O) groups is 1. The molecule has 0 aliphatic heterocycles. The van der Waals surface area contributed by atoms with Crippen LogP contribution in [-0.2, 0) is 23.3 Å². The number of anilines is 1. The molecule has 1 amide bonds. The van der Waals surface area contributed by atoms with Gasteiger partial charge in [0.2, 0.25) is 5.91 Å². The zero-order valence-electron chi connectivity index (χ0n) is 20.5. The molecule has 38 heavy (non-hydrogen) atoms. The molecular formula is C30H25BrClN5O. The molecule has 0 radical (unpaired) electrons. The number of nitrogens with one attached hydrogen (secondary N) is 2. The molecule has 0 saturated heterocycles. The molecule has 5 aromatic rings. The standard InChI is InChI=1S/C30H25BrClN5O/c31-24-19-35-37-27(16-26(36-28(24)37)23-11-4-5-12-25(23)32)33-17-20-7-6-8-21(15-20)18-34-29(38)30(13-14-30)22-9-2-1-3-10-22/h1-12,15-16,19,33H,13-14,17-18H2,(H,34,38). The maximum atomic E-state index is 13.0. The van der Waals surface area contributed by atoms with Crippen molar-refractivity contribution >= 4 is 44.9 Å². The van der Waals surface area contributed by atoms with Crippen molar-refractivity contribution in [2.45, 2.75) is 31.3 Å². The normalized spacial score (nSPS) is 13.8. The fourth-order valence-electron chi connectivity index (χ4n) is 4.79. The van der Waals surface area contributed by atoms with Gasteiger partial charge in [0.15, 0.2) is 5.65 Å². The Labute approximate surface area is 234 Å². The summed E-state index contributed by atoms with van der Waals surface area (Å²) < 4.78 is 2.57. The van der Waals surface area contributed by atoms with Crippen LogP contribution in [-0.4, -0.2) is 20.5 Å². The zero-order valence-corrected chi connectivity index (χ0v) is 22.8. The molecule has 190 valence electrons. The molecule has 0 spiro atoms. The van der Waals surface area contributed by atoms with Gasteiger partial charge in [-0.25, -0.2) is 4.98 Å². The van der Waals surface area contributed by atoms with E-state index in [-0.39, 0.29) is 11.3 Å². The van der Waals surface area contributed by atoms with Gasteiger partial charge in [-0.2, -0.15) is 9.61 Å². The van der Waals surface area contributed by atoms with Crippen molar-refractivity contribution in [3.05, 3.63) is 117 Å². The monoisotopic (exact) mass is 585 g/mol. The minimum atomic E-state index is -0.370. The van der Waals surface area contributed by atoms with E-state index < -0.39 is 0 Å². The third-order valence-corrected chi connectivity index (χ3v) is 7.90. The lowest BCUT2D eigenvalue weighted by Gasteiger charge is -2.16. The first-order chi connectivity index (χ1) is 18.5. The Morgan fingerprint density at radius 3 is 2.45 bits per heavy atom. The van der Waals surface area contributed by atoms with Crippen molar-refractivity contribution in [1.82, 2.24) is 19.9 Å². The molecule has 1 aliphatic carbocycles. The fourth-order valence-corrected chi connectivity index (χ4v) is 5.37. The molecule has 2 N–H and O–H groups in total. The number of aromatic nitrogens is 3. The molecule has 1 saturated carbocycles. The minimum absolute atomic E-state index is 0.0998. The number of carbonyl (C=O) groups excluding carboxylic acids is 1. The number of benzene rings is 3. The van der Waals surface area contributed by atoms with Gasteiger partial charge in [0.25, 0.3) is 0 Å². The average Bonchev–Trinajstić information content (AvgIpc) is 3.69. The lowest BCUT2D eigenvalue weighted by Crippen LogP contribution is -2.34. The molecule has 8 heteroatoms. The quantitative estimate of drug-likeness (QED) is 0.210. The maximum Gasteiger partial charge on any atom is 0.230 e. The molecule has 6 nitrogen and oxygen atoms in total. The van der Waals surface area contributed by atoms with Crippen LogP contribution in [0.15, 0.2) is 95.6 Å². The highest BCUT2D eigenvalue weighted by atomic mass is 79.9. The Hall–Kier alpha value is -3.68. The van der Waals surface area contributed by atoms with Crippen molar-refractivity contribution < 1.29 is 4.79 Å². The van der Waals surface area contributed by atoms with E-state index in [0.29, 0.717) is 23.8 Å². The van der Waals surface area contributed by atoms with E-state index in [4.69, 9.17) is 16.6 Å². The number of hydrogen-bond donors (Lipinski definition) is 2. The molecule has 6 rings (SSSR count). The first-order valence-corrected chi connectivity index (χ1v) is 13.7.